The number of hydrogen-bond donors (Lipinski definition) is 1. The third-order valence-electron chi connectivity index (χ3n) is 6.66. The standard InChI is InChI=1S/C27H34N2O4S/c1-4-34(30,31)23-13-15-27(33-3)24(18-23)25-14-12-21(28-25)19-29-16-7-5-6-11-26(29)20-9-8-10-22(17-20)32-2/h8-10,12-15,17-18,26,28H,4-7,11,16,19H2,1-3H3. The maximum Gasteiger partial charge on any atom is 0.178 e. The lowest BCUT2D eigenvalue weighted by molar-refractivity contribution is 0.190. The Hall–Kier alpha value is -2.77. The number of aromatic nitrogens is 1. The molecule has 1 unspecified atom stereocenters. The summed E-state index contributed by atoms with van der Waals surface area (Å²) in [5.74, 6) is 1.60. The van der Waals surface area contributed by atoms with Crippen LogP contribution in [0.25, 0.3) is 11.3 Å². The maximum absolute atomic E-state index is 12.4. The van der Waals surface area contributed by atoms with E-state index in [2.05, 4.69) is 34.1 Å². The Morgan fingerprint density at radius 3 is 2.62 bits per heavy atom. The molecule has 3 aromatic rings. The summed E-state index contributed by atoms with van der Waals surface area (Å²) in [7, 11) is 0.00636. The van der Waals surface area contributed by atoms with Gasteiger partial charge in [-0.1, -0.05) is 31.9 Å². The second-order valence-electron chi connectivity index (χ2n) is 8.77. The van der Waals surface area contributed by atoms with Crippen molar-refractivity contribution in [1.29, 1.82) is 0 Å². The lowest BCUT2D eigenvalue weighted by atomic mass is 10.0. The van der Waals surface area contributed by atoms with Crippen molar-refractivity contribution in [2.24, 2.45) is 0 Å². The Morgan fingerprint density at radius 2 is 1.85 bits per heavy atom. The van der Waals surface area contributed by atoms with Crippen LogP contribution in [-0.4, -0.2) is 44.8 Å². The van der Waals surface area contributed by atoms with E-state index in [1.165, 1.54) is 24.8 Å². The molecule has 1 atom stereocenters. The second-order valence-corrected chi connectivity index (χ2v) is 11.1. The zero-order chi connectivity index (χ0) is 24.1. The molecule has 1 aliphatic heterocycles. The van der Waals surface area contributed by atoms with E-state index >= 15 is 0 Å². The number of H-pyrrole nitrogens is 1. The number of methoxy groups -OCH3 is 2. The number of nitrogens with one attached hydrogen (secondary N) is 1. The summed E-state index contributed by atoms with van der Waals surface area (Å²) in [5, 5.41) is 0. The van der Waals surface area contributed by atoms with Gasteiger partial charge in [0.15, 0.2) is 9.84 Å². The van der Waals surface area contributed by atoms with Gasteiger partial charge in [-0.2, -0.15) is 0 Å². The van der Waals surface area contributed by atoms with Gasteiger partial charge < -0.3 is 14.5 Å². The molecule has 1 N–H and O–H groups in total. The Balaban J connectivity index is 1.62. The number of likely N-dealkylation sites (tertiary alicyclic amines) is 1. The van der Waals surface area contributed by atoms with Crippen LogP contribution in [0.5, 0.6) is 11.5 Å². The summed E-state index contributed by atoms with van der Waals surface area (Å²) in [5.41, 5.74) is 3.99. The van der Waals surface area contributed by atoms with Gasteiger partial charge in [0, 0.05) is 29.5 Å². The van der Waals surface area contributed by atoms with Crippen LogP contribution in [0.4, 0.5) is 0 Å². The van der Waals surface area contributed by atoms with Crippen molar-refractivity contribution >= 4 is 9.84 Å². The van der Waals surface area contributed by atoms with E-state index in [0.717, 1.165) is 42.2 Å². The summed E-state index contributed by atoms with van der Waals surface area (Å²) < 4.78 is 35.9. The predicted octanol–water partition coefficient (Wildman–Crippen LogP) is 5.61. The first-order chi connectivity index (χ1) is 16.4. The van der Waals surface area contributed by atoms with Gasteiger partial charge in [-0.25, -0.2) is 8.42 Å². The van der Waals surface area contributed by atoms with Crippen molar-refractivity contribution in [2.75, 3.05) is 26.5 Å². The van der Waals surface area contributed by atoms with Crippen LogP contribution in [0.1, 0.15) is 49.9 Å². The molecular weight excluding hydrogens is 448 g/mol. The van der Waals surface area contributed by atoms with Crippen LogP contribution >= 0.6 is 0 Å². The summed E-state index contributed by atoms with van der Waals surface area (Å²) in [6.07, 6.45) is 4.75. The predicted molar refractivity (Wildman–Crippen MR) is 135 cm³/mol. The third-order valence-corrected chi connectivity index (χ3v) is 8.39. The quantitative estimate of drug-likeness (QED) is 0.452. The molecule has 182 valence electrons. The fourth-order valence-corrected chi connectivity index (χ4v) is 5.66. The molecule has 0 bridgehead atoms. The zero-order valence-electron chi connectivity index (χ0n) is 20.2. The first-order valence-electron chi connectivity index (χ1n) is 11.9. The third kappa shape index (κ3) is 5.31. The largest absolute Gasteiger partial charge is 0.497 e. The highest BCUT2D eigenvalue weighted by atomic mass is 32.2. The average Bonchev–Trinajstić information content (AvgIpc) is 3.21. The molecule has 0 spiro atoms. The van der Waals surface area contributed by atoms with E-state index in [-0.39, 0.29) is 5.75 Å². The van der Waals surface area contributed by atoms with Gasteiger partial charge in [-0.3, -0.25) is 4.90 Å². The molecule has 1 saturated heterocycles. The van der Waals surface area contributed by atoms with Gasteiger partial charge in [0.1, 0.15) is 11.5 Å². The van der Waals surface area contributed by atoms with Crippen LogP contribution < -0.4 is 9.47 Å². The van der Waals surface area contributed by atoms with Gasteiger partial charge >= 0.3 is 0 Å². The molecule has 2 aromatic carbocycles. The Labute approximate surface area is 202 Å². The lowest BCUT2D eigenvalue weighted by Crippen LogP contribution is -2.28. The first-order valence-corrected chi connectivity index (χ1v) is 13.6. The second kappa shape index (κ2) is 10.7. The monoisotopic (exact) mass is 482 g/mol. The highest BCUT2D eigenvalue weighted by Gasteiger charge is 2.24. The summed E-state index contributed by atoms with van der Waals surface area (Å²) in [6, 6.07) is 17.9. The van der Waals surface area contributed by atoms with Crippen molar-refractivity contribution < 1.29 is 17.9 Å². The molecule has 1 aliphatic rings. The van der Waals surface area contributed by atoms with Gasteiger partial charge in [0.2, 0.25) is 0 Å². The molecular formula is C27H34N2O4S. The van der Waals surface area contributed by atoms with Crippen LogP contribution in [0.3, 0.4) is 0 Å². The Morgan fingerprint density at radius 1 is 1.00 bits per heavy atom. The maximum atomic E-state index is 12.4. The average molecular weight is 483 g/mol. The van der Waals surface area contributed by atoms with Gasteiger partial charge in [0.05, 0.1) is 24.9 Å². The van der Waals surface area contributed by atoms with E-state index in [0.29, 0.717) is 16.7 Å². The van der Waals surface area contributed by atoms with Gasteiger partial charge in [0.25, 0.3) is 0 Å². The Kier molecular flexibility index (Phi) is 7.63. The summed E-state index contributed by atoms with van der Waals surface area (Å²) in [4.78, 5) is 6.37. The van der Waals surface area contributed by atoms with E-state index in [9.17, 15) is 8.42 Å². The Bertz CT molecular complexity index is 1220. The molecule has 34 heavy (non-hydrogen) atoms. The minimum absolute atomic E-state index is 0.0648. The highest BCUT2D eigenvalue weighted by molar-refractivity contribution is 7.91. The molecule has 7 heteroatoms. The molecule has 1 fully saturated rings. The minimum atomic E-state index is -3.31. The topological polar surface area (TPSA) is 71.6 Å². The summed E-state index contributed by atoms with van der Waals surface area (Å²) >= 11 is 0. The van der Waals surface area contributed by atoms with Crippen molar-refractivity contribution in [1.82, 2.24) is 9.88 Å². The zero-order valence-corrected chi connectivity index (χ0v) is 21.0. The van der Waals surface area contributed by atoms with Gasteiger partial charge in [-0.15, -0.1) is 0 Å². The van der Waals surface area contributed by atoms with Crippen molar-refractivity contribution in [3.8, 4) is 22.8 Å². The van der Waals surface area contributed by atoms with Crippen LogP contribution in [0.15, 0.2) is 59.5 Å². The van der Waals surface area contributed by atoms with Crippen molar-refractivity contribution in [3.05, 3.63) is 65.9 Å². The molecule has 0 aliphatic carbocycles. The molecule has 6 nitrogen and oxygen atoms in total. The molecule has 0 amide bonds. The van der Waals surface area contributed by atoms with Crippen LogP contribution in [0, 0.1) is 0 Å². The lowest BCUT2D eigenvalue weighted by Gasteiger charge is -2.30. The van der Waals surface area contributed by atoms with Crippen molar-refractivity contribution in [2.45, 2.75) is 50.1 Å². The fourth-order valence-electron chi connectivity index (χ4n) is 4.75. The highest BCUT2D eigenvalue weighted by Crippen LogP contribution is 2.35. The van der Waals surface area contributed by atoms with Crippen molar-refractivity contribution in [3.63, 3.8) is 0 Å². The molecule has 0 saturated carbocycles. The van der Waals surface area contributed by atoms with E-state index in [1.807, 2.05) is 12.1 Å². The number of aromatic amines is 1. The minimum Gasteiger partial charge on any atom is -0.497 e. The number of sulfone groups is 1. The smallest absolute Gasteiger partial charge is 0.178 e. The van der Waals surface area contributed by atoms with E-state index in [1.54, 1.807) is 39.3 Å². The number of rotatable bonds is 8. The molecule has 1 aromatic heterocycles. The molecule has 0 radical (unpaired) electrons. The fraction of sp³-hybridized carbons (Fsp3) is 0.407. The number of nitrogens with zero attached hydrogens (tertiary/aromatic N) is 1. The SMILES string of the molecule is CCS(=O)(=O)c1ccc(OC)c(-c2ccc(CN3CCCCCC3c3cccc(OC)c3)[nH]2)c1. The number of benzene rings is 2. The first kappa shape index (κ1) is 24.4. The van der Waals surface area contributed by atoms with Crippen LogP contribution in [0.2, 0.25) is 0 Å². The molecule has 4 rings (SSSR count). The van der Waals surface area contributed by atoms with Gasteiger partial charge in [-0.05, 0) is 67.4 Å². The van der Waals surface area contributed by atoms with E-state index in [4.69, 9.17) is 9.47 Å². The van der Waals surface area contributed by atoms with Crippen LogP contribution in [-0.2, 0) is 16.4 Å². The number of hydrogen-bond acceptors (Lipinski definition) is 5. The normalized spacial score (nSPS) is 17.3. The van der Waals surface area contributed by atoms with E-state index < -0.39 is 9.84 Å². The molecule has 2 heterocycles. The number of ether oxygens (including phenoxy) is 2. The summed E-state index contributed by atoms with van der Waals surface area (Å²) in [6.45, 7) is 3.48.